The average Bonchev–Trinajstić information content (AvgIpc) is 2.86. The third-order valence-corrected chi connectivity index (χ3v) is 3.35. The maximum Gasteiger partial charge on any atom is 0.211 e. The molecule has 2 N–H and O–H groups in total. The van der Waals surface area contributed by atoms with Crippen molar-refractivity contribution in [1.82, 2.24) is 4.98 Å². The average molecular weight is 326 g/mol. The van der Waals surface area contributed by atoms with Crippen molar-refractivity contribution in [3.8, 4) is 0 Å². The Labute approximate surface area is 131 Å². The zero-order valence-electron chi connectivity index (χ0n) is 11.7. The summed E-state index contributed by atoms with van der Waals surface area (Å²) in [5.74, 6) is -1.71. The Balaban J connectivity index is 0.000000162. The van der Waals surface area contributed by atoms with Gasteiger partial charge in [0, 0.05) is 30.2 Å². The van der Waals surface area contributed by atoms with E-state index in [0.717, 1.165) is 12.5 Å². The molecular weight excluding hydrogens is 312 g/mol. The predicted octanol–water partition coefficient (Wildman–Crippen LogP) is 3.62. The molecule has 1 atom stereocenters. The number of amides is 1. The number of rotatable bonds is 2. The van der Waals surface area contributed by atoms with Gasteiger partial charge in [-0.15, -0.1) is 0 Å². The van der Waals surface area contributed by atoms with Crippen molar-refractivity contribution >= 4 is 29.4 Å². The summed E-state index contributed by atoms with van der Waals surface area (Å²) in [5.41, 5.74) is 2.45. The van der Waals surface area contributed by atoms with Crippen LogP contribution in [0, 0.1) is 11.6 Å². The molecule has 4 nitrogen and oxygen atoms in total. The standard InChI is InChI=1S/C8H10N2.C7H4ClF2NO/c1-6-4-7-5-9-3-2-8(7)10-6;8-4-1-7(11-3-12)6(10)2-5(4)9/h2-3,5-6,10H,4H2,1H3;1-3H,(H,11,12). The van der Waals surface area contributed by atoms with Crippen LogP contribution in [0.3, 0.4) is 0 Å². The summed E-state index contributed by atoms with van der Waals surface area (Å²) in [4.78, 5) is 14.0. The smallest absolute Gasteiger partial charge is 0.211 e. The number of fused-ring (bicyclic) bond motifs is 1. The summed E-state index contributed by atoms with van der Waals surface area (Å²) in [7, 11) is 0. The molecule has 1 aromatic carbocycles. The van der Waals surface area contributed by atoms with Gasteiger partial charge in [0.05, 0.1) is 10.7 Å². The highest BCUT2D eigenvalue weighted by Crippen LogP contribution is 2.23. The fourth-order valence-electron chi connectivity index (χ4n) is 2.07. The highest BCUT2D eigenvalue weighted by Gasteiger charge is 2.15. The number of hydrogen-bond donors (Lipinski definition) is 2. The molecule has 1 amide bonds. The lowest BCUT2D eigenvalue weighted by Gasteiger charge is -2.01. The summed E-state index contributed by atoms with van der Waals surface area (Å²) in [6, 6.07) is 4.22. The van der Waals surface area contributed by atoms with Crippen molar-refractivity contribution in [3.63, 3.8) is 0 Å². The van der Waals surface area contributed by atoms with E-state index in [9.17, 15) is 13.6 Å². The maximum absolute atomic E-state index is 12.7. The molecule has 0 saturated heterocycles. The quantitative estimate of drug-likeness (QED) is 0.655. The lowest BCUT2D eigenvalue weighted by atomic mass is 10.2. The van der Waals surface area contributed by atoms with Crippen LogP contribution >= 0.6 is 11.6 Å². The molecule has 1 unspecified atom stereocenters. The third-order valence-electron chi connectivity index (χ3n) is 3.06. The second kappa shape index (κ2) is 7.17. The summed E-state index contributed by atoms with van der Waals surface area (Å²) in [5, 5.41) is 5.16. The molecule has 2 aromatic rings. The molecule has 3 rings (SSSR count). The Morgan fingerprint density at radius 2 is 2.18 bits per heavy atom. The molecule has 0 spiro atoms. The van der Waals surface area contributed by atoms with Crippen LogP contribution in [-0.2, 0) is 11.2 Å². The molecule has 7 heteroatoms. The van der Waals surface area contributed by atoms with Crippen LogP contribution in [0.2, 0.25) is 5.02 Å². The minimum Gasteiger partial charge on any atom is -0.382 e. The number of pyridine rings is 1. The molecule has 1 aromatic heterocycles. The molecule has 0 saturated carbocycles. The first-order valence-corrected chi connectivity index (χ1v) is 6.93. The Hall–Kier alpha value is -2.21. The fourth-order valence-corrected chi connectivity index (χ4v) is 2.24. The topological polar surface area (TPSA) is 54.0 Å². The lowest BCUT2D eigenvalue weighted by Crippen LogP contribution is -2.08. The van der Waals surface area contributed by atoms with Crippen LogP contribution in [0.1, 0.15) is 12.5 Å². The van der Waals surface area contributed by atoms with Gasteiger partial charge in [-0.2, -0.15) is 0 Å². The normalized spacial score (nSPS) is 15.2. The van der Waals surface area contributed by atoms with Gasteiger partial charge in [-0.05, 0) is 31.0 Å². The molecule has 0 fully saturated rings. The number of aromatic nitrogens is 1. The van der Waals surface area contributed by atoms with Crippen LogP contribution in [-0.4, -0.2) is 17.4 Å². The minimum absolute atomic E-state index is 0.142. The van der Waals surface area contributed by atoms with E-state index in [2.05, 4.69) is 17.2 Å². The first-order valence-electron chi connectivity index (χ1n) is 6.55. The molecule has 116 valence electrons. The summed E-state index contributed by atoms with van der Waals surface area (Å²) in [6.45, 7) is 2.18. The van der Waals surface area contributed by atoms with Crippen molar-refractivity contribution < 1.29 is 13.6 Å². The van der Waals surface area contributed by atoms with Crippen molar-refractivity contribution in [2.45, 2.75) is 19.4 Å². The largest absolute Gasteiger partial charge is 0.382 e. The van der Waals surface area contributed by atoms with Gasteiger partial charge in [0.25, 0.3) is 0 Å². The molecule has 2 heterocycles. The summed E-state index contributed by atoms with van der Waals surface area (Å²) in [6.07, 6.45) is 5.16. The Bertz CT molecular complexity index is 657. The summed E-state index contributed by atoms with van der Waals surface area (Å²) >= 11 is 5.32. The van der Waals surface area contributed by atoms with E-state index in [1.54, 1.807) is 0 Å². The fraction of sp³-hybridized carbons (Fsp3) is 0.200. The minimum atomic E-state index is -0.857. The SMILES string of the molecule is CC1Cc2cnccc2N1.O=CNc1cc(Cl)c(F)cc1F. The Morgan fingerprint density at radius 1 is 1.41 bits per heavy atom. The van der Waals surface area contributed by atoms with Crippen LogP contribution < -0.4 is 10.6 Å². The number of nitrogens with zero attached hydrogens (tertiary/aromatic N) is 1. The van der Waals surface area contributed by atoms with Crippen molar-refractivity contribution in [1.29, 1.82) is 0 Å². The van der Waals surface area contributed by atoms with E-state index < -0.39 is 11.6 Å². The van der Waals surface area contributed by atoms with Gasteiger partial charge >= 0.3 is 0 Å². The van der Waals surface area contributed by atoms with Crippen LogP contribution in [0.25, 0.3) is 0 Å². The Morgan fingerprint density at radius 3 is 2.86 bits per heavy atom. The number of nitrogens with one attached hydrogen (secondary N) is 2. The molecular formula is C15H14ClF2N3O. The van der Waals surface area contributed by atoms with E-state index in [4.69, 9.17) is 11.6 Å². The van der Waals surface area contributed by atoms with E-state index in [0.29, 0.717) is 12.1 Å². The van der Waals surface area contributed by atoms with Crippen molar-refractivity contribution in [2.75, 3.05) is 10.6 Å². The van der Waals surface area contributed by atoms with Crippen molar-refractivity contribution in [2.24, 2.45) is 0 Å². The van der Waals surface area contributed by atoms with Gasteiger partial charge in [0.1, 0.15) is 11.6 Å². The summed E-state index contributed by atoms with van der Waals surface area (Å²) < 4.78 is 25.2. The first-order chi connectivity index (χ1) is 10.5. The first kappa shape index (κ1) is 16.2. The molecule has 22 heavy (non-hydrogen) atoms. The molecule has 0 bridgehead atoms. The van der Waals surface area contributed by atoms with Gasteiger partial charge in [-0.25, -0.2) is 8.78 Å². The van der Waals surface area contributed by atoms with E-state index in [-0.39, 0.29) is 17.1 Å². The predicted molar refractivity (Wildman–Crippen MR) is 82.1 cm³/mol. The van der Waals surface area contributed by atoms with Crippen LogP contribution in [0.5, 0.6) is 0 Å². The molecule has 0 aliphatic carbocycles. The number of carbonyl (C=O) groups is 1. The van der Waals surface area contributed by atoms with E-state index in [1.165, 1.54) is 11.3 Å². The second-order valence-electron chi connectivity index (χ2n) is 4.79. The van der Waals surface area contributed by atoms with E-state index in [1.807, 2.05) is 23.8 Å². The maximum atomic E-state index is 12.7. The highest BCUT2D eigenvalue weighted by atomic mass is 35.5. The molecule has 1 aliphatic heterocycles. The zero-order chi connectivity index (χ0) is 16.1. The van der Waals surface area contributed by atoms with Crippen molar-refractivity contribution in [3.05, 3.63) is 52.8 Å². The van der Waals surface area contributed by atoms with Gasteiger partial charge in [0.15, 0.2) is 0 Å². The van der Waals surface area contributed by atoms with Gasteiger partial charge < -0.3 is 10.6 Å². The second-order valence-corrected chi connectivity index (χ2v) is 5.20. The number of carbonyl (C=O) groups excluding carboxylic acids is 1. The van der Waals surface area contributed by atoms with Gasteiger partial charge in [0.2, 0.25) is 6.41 Å². The van der Waals surface area contributed by atoms with Crippen LogP contribution in [0.15, 0.2) is 30.6 Å². The highest BCUT2D eigenvalue weighted by molar-refractivity contribution is 6.31. The van der Waals surface area contributed by atoms with Gasteiger partial charge in [-0.3, -0.25) is 9.78 Å². The van der Waals surface area contributed by atoms with Gasteiger partial charge in [-0.1, -0.05) is 11.6 Å². The van der Waals surface area contributed by atoms with Crippen LogP contribution in [0.4, 0.5) is 20.2 Å². The number of anilines is 2. The lowest BCUT2D eigenvalue weighted by molar-refractivity contribution is -0.105. The molecule has 0 radical (unpaired) electrons. The number of hydrogen-bond acceptors (Lipinski definition) is 3. The monoisotopic (exact) mass is 325 g/mol. The number of halogens is 3. The van der Waals surface area contributed by atoms with E-state index >= 15 is 0 Å². The third kappa shape index (κ3) is 3.92. The Kier molecular flexibility index (Phi) is 5.27. The number of benzene rings is 1. The zero-order valence-corrected chi connectivity index (χ0v) is 12.5. The molecule has 1 aliphatic rings.